The van der Waals surface area contributed by atoms with Gasteiger partial charge in [-0.05, 0) is 44.2 Å². The molecule has 8 nitrogen and oxygen atoms in total. The summed E-state index contributed by atoms with van der Waals surface area (Å²) >= 11 is 6.62. The van der Waals surface area contributed by atoms with E-state index in [2.05, 4.69) is 4.90 Å². The number of morpholine rings is 1. The van der Waals surface area contributed by atoms with Crippen molar-refractivity contribution in [3.8, 4) is 0 Å². The van der Waals surface area contributed by atoms with Crippen molar-refractivity contribution in [1.82, 2.24) is 14.3 Å². The van der Waals surface area contributed by atoms with Crippen LogP contribution in [0.4, 0.5) is 5.82 Å². The highest BCUT2D eigenvalue weighted by Gasteiger charge is 2.34. The molecule has 33 heavy (non-hydrogen) atoms. The van der Waals surface area contributed by atoms with E-state index in [9.17, 15) is 9.59 Å². The number of ether oxygens (including phenoxy) is 1. The standard InChI is InChI=1S/C23H22N4O4S2/c1-14-11-25(12-15(2)31-14)20-17(21(28)26-8-4-3-7-19(26)24-20)10-18-22(29)27(23(32)33-18)13-16-6-5-9-30-16/h3-10,14-15H,11-13H2,1-2H3/b18-10+/t14-,15-/m1/s1. The summed E-state index contributed by atoms with van der Waals surface area (Å²) in [7, 11) is 0. The number of thioether (sulfide) groups is 1. The van der Waals surface area contributed by atoms with Crippen LogP contribution in [0.15, 0.2) is 56.9 Å². The lowest BCUT2D eigenvalue weighted by molar-refractivity contribution is -0.122. The van der Waals surface area contributed by atoms with E-state index in [4.69, 9.17) is 26.4 Å². The van der Waals surface area contributed by atoms with Gasteiger partial charge < -0.3 is 14.1 Å². The smallest absolute Gasteiger partial charge is 0.267 e. The molecule has 170 valence electrons. The molecule has 0 radical (unpaired) electrons. The van der Waals surface area contributed by atoms with Gasteiger partial charge in [0.2, 0.25) is 0 Å². The van der Waals surface area contributed by atoms with Crippen molar-refractivity contribution in [2.24, 2.45) is 0 Å². The minimum atomic E-state index is -0.256. The van der Waals surface area contributed by atoms with Crippen LogP contribution < -0.4 is 10.5 Å². The molecule has 0 bridgehead atoms. The second-order valence-electron chi connectivity index (χ2n) is 8.09. The first-order valence-corrected chi connectivity index (χ1v) is 11.8. The van der Waals surface area contributed by atoms with Crippen molar-refractivity contribution < 1.29 is 13.9 Å². The van der Waals surface area contributed by atoms with E-state index in [1.165, 1.54) is 21.1 Å². The molecule has 0 N–H and O–H groups in total. The Hall–Kier alpha value is -2.95. The van der Waals surface area contributed by atoms with Crippen LogP contribution in [0.3, 0.4) is 0 Å². The molecule has 0 aromatic carbocycles. The van der Waals surface area contributed by atoms with E-state index in [-0.39, 0.29) is 30.2 Å². The Bertz CT molecular complexity index is 1310. The molecule has 1 amide bonds. The summed E-state index contributed by atoms with van der Waals surface area (Å²) in [4.78, 5) is 35.4. The monoisotopic (exact) mass is 482 g/mol. The van der Waals surface area contributed by atoms with Crippen LogP contribution in [0, 0.1) is 0 Å². The fraction of sp³-hybridized carbons (Fsp3) is 0.304. The molecule has 5 heterocycles. The van der Waals surface area contributed by atoms with E-state index in [1.807, 2.05) is 19.9 Å². The van der Waals surface area contributed by atoms with E-state index in [1.54, 1.807) is 42.8 Å². The zero-order valence-corrected chi connectivity index (χ0v) is 19.8. The van der Waals surface area contributed by atoms with Crippen molar-refractivity contribution in [1.29, 1.82) is 0 Å². The van der Waals surface area contributed by atoms with Gasteiger partial charge in [0.1, 0.15) is 21.5 Å². The van der Waals surface area contributed by atoms with Crippen molar-refractivity contribution in [3.05, 3.63) is 69.4 Å². The minimum absolute atomic E-state index is 0.0101. The predicted molar refractivity (Wildman–Crippen MR) is 131 cm³/mol. The topological polar surface area (TPSA) is 80.3 Å². The summed E-state index contributed by atoms with van der Waals surface area (Å²) in [6, 6.07) is 8.98. The Morgan fingerprint density at radius 2 is 1.97 bits per heavy atom. The Labute approximate surface area is 199 Å². The average Bonchev–Trinajstić information content (AvgIpc) is 3.39. The lowest BCUT2D eigenvalue weighted by Crippen LogP contribution is -2.46. The van der Waals surface area contributed by atoms with E-state index in [0.29, 0.717) is 45.1 Å². The number of fused-ring (bicyclic) bond motifs is 1. The van der Waals surface area contributed by atoms with Gasteiger partial charge in [-0.2, -0.15) is 0 Å². The third-order valence-corrected chi connectivity index (χ3v) is 6.89. The highest BCUT2D eigenvalue weighted by molar-refractivity contribution is 8.26. The van der Waals surface area contributed by atoms with E-state index < -0.39 is 0 Å². The second-order valence-corrected chi connectivity index (χ2v) is 9.77. The molecular formula is C23H22N4O4S2. The molecule has 0 spiro atoms. The number of aromatic nitrogens is 2. The molecular weight excluding hydrogens is 460 g/mol. The number of anilines is 1. The molecule has 2 aliphatic rings. The molecule has 0 aliphatic carbocycles. The SMILES string of the molecule is C[C@@H]1CN(c2nc3ccccn3c(=O)c2/C=C2/SC(=S)N(Cc3ccco3)C2=O)C[C@@H](C)O1. The van der Waals surface area contributed by atoms with Crippen molar-refractivity contribution in [3.63, 3.8) is 0 Å². The number of furan rings is 1. The Morgan fingerprint density at radius 1 is 1.18 bits per heavy atom. The summed E-state index contributed by atoms with van der Waals surface area (Å²) in [5.41, 5.74) is 0.670. The van der Waals surface area contributed by atoms with Gasteiger partial charge in [-0.15, -0.1) is 0 Å². The van der Waals surface area contributed by atoms with Crippen LogP contribution in [-0.4, -0.2) is 49.8 Å². The number of hydrogen-bond donors (Lipinski definition) is 0. The van der Waals surface area contributed by atoms with Gasteiger partial charge in [0.05, 0.1) is 35.5 Å². The first-order chi connectivity index (χ1) is 15.9. The maximum Gasteiger partial charge on any atom is 0.267 e. The van der Waals surface area contributed by atoms with Gasteiger partial charge in [0.25, 0.3) is 11.5 Å². The van der Waals surface area contributed by atoms with Crippen LogP contribution in [0.1, 0.15) is 25.2 Å². The van der Waals surface area contributed by atoms with Crippen LogP contribution >= 0.6 is 24.0 Å². The molecule has 2 atom stereocenters. The van der Waals surface area contributed by atoms with Gasteiger partial charge in [-0.1, -0.05) is 30.0 Å². The third kappa shape index (κ3) is 4.21. The summed E-state index contributed by atoms with van der Waals surface area (Å²) in [6.07, 6.45) is 4.84. The minimum Gasteiger partial charge on any atom is -0.467 e. The second kappa shape index (κ2) is 8.77. The Morgan fingerprint density at radius 3 is 2.70 bits per heavy atom. The zero-order valence-electron chi connectivity index (χ0n) is 18.1. The normalized spacial score (nSPS) is 22.7. The number of thiocarbonyl (C=S) groups is 1. The number of pyridine rings is 1. The molecule has 0 unspecified atom stereocenters. The lowest BCUT2D eigenvalue weighted by atomic mass is 10.2. The summed E-state index contributed by atoms with van der Waals surface area (Å²) < 4.78 is 13.1. The highest BCUT2D eigenvalue weighted by Crippen LogP contribution is 2.34. The maximum absolute atomic E-state index is 13.5. The summed E-state index contributed by atoms with van der Waals surface area (Å²) in [6.45, 7) is 5.43. The first-order valence-electron chi connectivity index (χ1n) is 10.6. The molecule has 0 saturated carbocycles. The zero-order chi connectivity index (χ0) is 23.1. The summed E-state index contributed by atoms with van der Waals surface area (Å²) in [5.74, 6) is 0.926. The predicted octanol–water partition coefficient (Wildman–Crippen LogP) is 3.30. The van der Waals surface area contributed by atoms with Gasteiger partial charge in [-0.3, -0.25) is 18.9 Å². The Balaban J connectivity index is 1.59. The molecule has 2 fully saturated rings. The van der Waals surface area contributed by atoms with Crippen LogP contribution in [0.2, 0.25) is 0 Å². The highest BCUT2D eigenvalue weighted by atomic mass is 32.2. The molecule has 3 aromatic heterocycles. The van der Waals surface area contributed by atoms with E-state index in [0.717, 1.165) is 0 Å². The third-order valence-electron chi connectivity index (χ3n) is 5.51. The number of hydrogen-bond acceptors (Lipinski definition) is 8. The number of amides is 1. The lowest BCUT2D eigenvalue weighted by Gasteiger charge is -2.36. The first kappa shape index (κ1) is 21.9. The summed E-state index contributed by atoms with van der Waals surface area (Å²) in [5, 5.41) is 0. The largest absolute Gasteiger partial charge is 0.467 e. The van der Waals surface area contributed by atoms with Crippen LogP contribution in [-0.2, 0) is 16.1 Å². The van der Waals surface area contributed by atoms with Gasteiger partial charge in [-0.25, -0.2) is 4.98 Å². The molecule has 3 aromatic rings. The average molecular weight is 483 g/mol. The fourth-order valence-electron chi connectivity index (χ4n) is 4.14. The maximum atomic E-state index is 13.5. The quantitative estimate of drug-likeness (QED) is 0.414. The molecule has 10 heteroatoms. The number of nitrogens with zero attached hydrogens (tertiary/aromatic N) is 4. The van der Waals surface area contributed by atoms with Gasteiger partial charge >= 0.3 is 0 Å². The van der Waals surface area contributed by atoms with Crippen LogP contribution in [0.5, 0.6) is 0 Å². The number of carbonyl (C=O) groups is 1. The number of rotatable bonds is 4. The number of carbonyl (C=O) groups excluding carboxylic acids is 1. The Kier molecular flexibility index (Phi) is 5.81. The van der Waals surface area contributed by atoms with E-state index >= 15 is 0 Å². The fourth-order valence-corrected chi connectivity index (χ4v) is 5.37. The van der Waals surface area contributed by atoms with Crippen LogP contribution in [0.25, 0.3) is 11.7 Å². The molecule has 5 rings (SSSR count). The van der Waals surface area contributed by atoms with Crippen molar-refractivity contribution in [2.75, 3.05) is 18.0 Å². The van der Waals surface area contributed by atoms with Gasteiger partial charge in [0.15, 0.2) is 0 Å². The van der Waals surface area contributed by atoms with Crippen molar-refractivity contribution in [2.45, 2.75) is 32.6 Å². The van der Waals surface area contributed by atoms with Crippen molar-refractivity contribution >= 4 is 51.7 Å². The molecule has 2 aliphatic heterocycles. The van der Waals surface area contributed by atoms with Gasteiger partial charge in [0, 0.05) is 19.3 Å². The molecule has 2 saturated heterocycles.